The molecule has 1 N–H and O–H groups in total. The monoisotopic (exact) mass is 360 g/mol. The van der Waals surface area contributed by atoms with Crippen LogP contribution in [0.3, 0.4) is 0 Å². The highest BCUT2D eigenvalue weighted by molar-refractivity contribution is 7.88. The van der Waals surface area contributed by atoms with Crippen LogP contribution in [0.25, 0.3) is 0 Å². The van der Waals surface area contributed by atoms with Crippen LogP contribution in [0.4, 0.5) is 5.00 Å². The molecule has 1 aliphatic heterocycles. The van der Waals surface area contributed by atoms with Gasteiger partial charge in [0.25, 0.3) is 0 Å². The summed E-state index contributed by atoms with van der Waals surface area (Å²) in [5.74, 6) is -0.937. The maximum atomic E-state index is 12.5. The minimum Gasteiger partial charge on any atom is -0.465 e. The average molecular weight is 360 g/mol. The van der Waals surface area contributed by atoms with E-state index in [0.717, 1.165) is 16.7 Å². The number of hydrogen-bond acceptors (Lipinski definition) is 6. The zero-order valence-electron chi connectivity index (χ0n) is 13.5. The van der Waals surface area contributed by atoms with Gasteiger partial charge in [0.2, 0.25) is 15.9 Å². The first-order valence-electron chi connectivity index (χ1n) is 7.12. The van der Waals surface area contributed by atoms with Gasteiger partial charge in [0.1, 0.15) is 11.0 Å². The minimum absolute atomic E-state index is 0.326. The van der Waals surface area contributed by atoms with E-state index in [0.29, 0.717) is 30.0 Å². The zero-order valence-corrected chi connectivity index (χ0v) is 15.1. The maximum Gasteiger partial charge on any atom is 0.341 e. The summed E-state index contributed by atoms with van der Waals surface area (Å²) in [6, 6.07) is -0.738. The first-order chi connectivity index (χ1) is 10.7. The molecule has 2 rings (SSSR count). The van der Waals surface area contributed by atoms with Gasteiger partial charge in [0.15, 0.2) is 0 Å². The number of aryl methyl sites for hydroxylation is 1. The molecule has 2 heterocycles. The molecule has 23 heavy (non-hydrogen) atoms. The number of amides is 1. The number of carbonyl (C=O) groups excluding carboxylic acids is 2. The Morgan fingerprint density at radius 2 is 2.00 bits per heavy atom. The van der Waals surface area contributed by atoms with E-state index >= 15 is 0 Å². The summed E-state index contributed by atoms with van der Waals surface area (Å²) in [5, 5.41) is 3.10. The Hall–Kier alpha value is -1.45. The standard InChI is InChI=1S/C14H20N2O5S2/c1-8-9(2)22-13(11(8)14(18)21-3)15-12(17)10-6-5-7-16(10)23(4,19)20/h10H,5-7H2,1-4H3,(H,15,17). The quantitative estimate of drug-likeness (QED) is 0.822. The first kappa shape index (κ1) is 17.9. The van der Waals surface area contributed by atoms with Crippen molar-refractivity contribution in [2.75, 3.05) is 25.2 Å². The summed E-state index contributed by atoms with van der Waals surface area (Å²) in [6.07, 6.45) is 2.20. The molecule has 0 radical (unpaired) electrons. The van der Waals surface area contributed by atoms with Gasteiger partial charge in [-0.3, -0.25) is 4.79 Å². The predicted molar refractivity (Wildman–Crippen MR) is 88.3 cm³/mol. The van der Waals surface area contributed by atoms with Gasteiger partial charge in [-0.15, -0.1) is 11.3 Å². The van der Waals surface area contributed by atoms with Gasteiger partial charge in [-0.05, 0) is 32.3 Å². The second-order valence-electron chi connectivity index (χ2n) is 5.50. The molecule has 7 nitrogen and oxygen atoms in total. The van der Waals surface area contributed by atoms with E-state index in [1.807, 2.05) is 6.92 Å². The van der Waals surface area contributed by atoms with Crippen molar-refractivity contribution in [3.8, 4) is 0 Å². The third-order valence-electron chi connectivity index (χ3n) is 3.94. The van der Waals surface area contributed by atoms with Crippen molar-refractivity contribution < 1.29 is 22.7 Å². The number of nitrogens with one attached hydrogen (secondary N) is 1. The lowest BCUT2D eigenvalue weighted by Crippen LogP contribution is -2.42. The Kier molecular flexibility index (Phi) is 5.12. The highest BCUT2D eigenvalue weighted by atomic mass is 32.2. The van der Waals surface area contributed by atoms with E-state index in [9.17, 15) is 18.0 Å². The Labute approximate surface area is 139 Å². The second-order valence-corrected chi connectivity index (χ2v) is 8.66. The van der Waals surface area contributed by atoms with Crippen molar-refractivity contribution in [2.45, 2.75) is 32.7 Å². The zero-order chi connectivity index (χ0) is 17.4. The molecule has 1 saturated heterocycles. The van der Waals surface area contributed by atoms with Crippen LogP contribution in [0.5, 0.6) is 0 Å². The molecule has 1 atom stereocenters. The van der Waals surface area contributed by atoms with Gasteiger partial charge in [0, 0.05) is 11.4 Å². The van der Waals surface area contributed by atoms with E-state index in [4.69, 9.17) is 4.74 Å². The number of sulfonamides is 1. The molecule has 0 aliphatic carbocycles. The topological polar surface area (TPSA) is 92.8 Å². The number of hydrogen-bond donors (Lipinski definition) is 1. The molecular weight excluding hydrogens is 340 g/mol. The molecule has 1 aromatic heterocycles. The third-order valence-corrected chi connectivity index (χ3v) is 6.36. The lowest BCUT2D eigenvalue weighted by Gasteiger charge is -2.21. The van der Waals surface area contributed by atoms with Gasteiger partial charge in [-0.25, -0.2) is 13.2 Å². The Balaban J connectivity index is 2.28. The van der Waals surface area contributed by atoms with Crippen LogP contribution < -0.4 is 5.32 Å². The van der Waals surface area contributed by atoms with Gasteiger partial charge in [0.05, 0.1) is 18.9 Å². The van der Waals surface area contributed by atoms with E-state index in [-0.39, 0.29) is 0 Å². The van der Waals surface area contributed by atoms with E-state index in [2.05, 4.69) is 5.32 Å². The molecule has 0 aromatic carbocycles. The Morgan fingerprint density at radius 1 is 1.35 bits per heavy atom. The number of anilines is 1. The lowest BCUT2D eigenvalue weighted by molar-refractivity contribution is -0.119. The number of rotatable bonds is 4. The fourth-order valence-corrected chi connectivity index (χ4v) is 4.83. The van der Waals surface area contributed by atoms with Crippen molar-refractivity contribution in [3.63, 3.8) is 0 Å². The Bertz CT molecular complexity index is 739. The lowest BCUT2D eigenvalue weighted by atomic mass is 10.1. The maximum absolute atomic E-state index is 12.5. The molecule has 1 fully saturated rings. The van der Waals surface area contributed by atoms with Gasteiger partial charge < -0.3 is 10.1 Å². The van der Waals surface area contributed by atoms with Crippen LogP contribution in [0.2, 0.25) is 0 Å². The minimum atomic E-state index is -3.44. The number of methoxy groups -OCH3 is 1. The molecule has 1 aliphatic rings. The molecule has 0 saturated carbocycles. The number of ether oxygens (including phenoxy) is 1. The fraction of sp³-hybridized carbons (Fsp3) is 0.571. The number of thiophene rings is 1. The highest BCUT2D eigenvalue weighted by Crippen LogP contribution is 2.33. The molecular formula is C14H20N2O5S2. The highest BCUT2D eigenvalue weighted by Gasteiger charge is 2.37. The summed E-state index contributed by atoms with van der Waals surface area (Å²) in [5.41, 5.74) is 1.08. The van der Waals surface area contributed by atoms with Gasteiger partial charge in [-0.2, -0.15) is 4.31 Å². The van der Waals surface area contributed by atoms with Crippen molar-refractivity contribution in [1.82, 2.24) is 4.31 Å². The molecule has 0 bridgehead atoms. The number of nitrogens with zero attached hydrogens (tertiary/aromatic N) is 1. The van der Waals surface area contributed by atoms with Crippen molar-refractivity contribution in [1.29, 1.82) is 0 Å². The fourth-order valence-electron chi connectivity index (χ4n) is 2.66. The van der Waals surface area contributed by atoms with Crippen LogP contribution in [-0.4, -0.2) is 50.6 Å². The normalized spacial score (nSPS) is 18.9. The van der Waals surface area contributed by atoms with Crippen molar-refractivity contribution in [2.24, 2.45) is 0 Å². The molecule has 1 unspecified atom stereocenters. The van der Waals surface area contributed by atoms with Crippen LogP contribution in [0.15, 0.2) is 0 Å². The average Bonchev–Trinajstić information content (AvgIpc) is 3.04. The van der Waals surface area contributed by atoms with Crippen molar-refractivity contribution >= 4 is 38.2 Å². The largest absolute Gasteiger partial charge is 0.465 e. The molecule has 9 heteroatoms. The van der Waals surface area contributed by atoms with Crippen LogP contribution >= 0.6 is 11.3 Å². The third kappa shape index (κ3) is 3.56. The van der Waals surface area contributed by atoms with Gasteiger partial charge >= 0.3 is 5.97 Å². The number of carbonyl (C=O) groups is 2. The second kappa shape index (κ2) is 6.58. The summed E-state index contributed by atoms with van der Waals surface area (Å²) < 4.78 is 29.5. The van der Waals surface area contributed by atoms with E-state index in [1.165, 1.54) is 22.8 Å². The first-order valence-corrected chi connectivity index (χ1v) is 9.79. The number of esters is 1. The SMILES string of the molecule is COC(=O)c1c(NC(=O)C2CCCN2S(C)(=O)=O)sc(C)c1C. The van der Waals surface area contributed by atoms with Gasteiger partial charge in [-0.1, -0.05) is 0 Å². The summed E-state index contributed by atoms with van der Waals surface area (Å²) in [4.78, 5) is 25.3. The van der Waals surface area contributed by atoms with Crippen LogP contribution in [-0.2, 0) is 19.6 Å². The van der Waals surface area contributed by atoms with E-state index < -0.39 is 27.9 Å². The molecule has 0 spiro atoms. The molecule has 1 aromatic rings. The summed E-state index contributed by atoms with van der Waals surface area (Å²) >= 11 is 1.28. The summed E-state index contributed by atoms with van der Waals surface area (Å²) in [6.45, 7) is 3.97. The van der Waals surface area contributed by atoms with Crippen LogP contribution in [0.1, 0.15) is 33.6 Å². The van der Waals surface area contributed by atoms with Crippen molar-refractivity contribution in [3.05, 3.63) is 16.0 Å². The molecule has 128 valence electrons. The molecule has 1 amide bonds. The smallest absolute Gasteiger partial charge is 0.341 e. The predicted octanol–water partition coefficient (Wildman–Crippen LogP) is 1.51. The van der Waals surface area contributed by atoms with E-state index in [1.54, 1.807) is 6.92 Å². The van der Waals surface area contributed by atoms with Crippen LogP contribution in [0, 0.1) is 13.8 Å². The Morgan fingerprint density at radius 3 is 2.57 bits per heavy atom. The summed E-state index contributed by atoms with van der Waals surface area (Å²) in [7, 11) is -2.16.